The van der Waals surface area contributed by atoms with Gasteiger partial charge in [-0.3, -0.25) is 4.79 Å². The van der Waals surface area contributed by atoms with Crippen LogP contribution in [0, 0.1) is 0 Å². The third kappa shape index (κ3) is 2.45. The minimum Gasteiger partial charge on any atom is -0.497 e. The van der Waals surface area contributed by atoms with Crippen molar-refractivity contribution in [1.29, 1.82) is 0 Å². The summed E-state index contributed by atoms with van der Waals surface area (Å²) in [6.07, 6.45) is 0. The van der Waals surface area contributed by atoms with Gasteiger partial charge in [0.15, 0.2) is 0 Å². The molecule has 0 aromatic heterocycles. The minimum absolute atomic E-state index is 0.0711. The lowest BCUT2D eigenvalue weighted by Crippen LogP contribution is -2.26. The maximum atomic E-state index is 12.0. The number of rotatable bonds is 4. The smallest absolute Gasteiger partial charge is 0.257 e. The molecule has 0 saturated heterocycles. The van der Waals surface area contributed by atoms with Gasteiger partial charge in [-0.05, 0) is 25.1 Å². The SMILES string of the molecule is CCN(C)C(=O)c1cc(OC)ccc1OC. The van der Waals surface area contributed by atoms with Crippen LogP contribution in [-0.4, -0.2) is 38.6 Å². The Kier molecular flexibility index (Phi) is 4.17. The molecule has 16 heavy (non-hydrogen) atoms. The lowest BCUT2D eigenvalue weighted by molar-refractivity contribution is 0.0798. The molecule has 0 spiro atoms. The van der Waals surface area contributed by atoms with E-state index in [9.17, 15) is 4.79 Å². The second-order valence-corrected chi connectivity index (χ2v) is 3.39. The van der Waals surface area contributed by atoms with Crippen molar-refractivity contribution in [1.82, 2.24) is 4.90 Å². The van der Waals surface area contributed by atoms with Crippen molar-refractivity contribution in [2.45, 2.75) is 6.92 Å². The maximum absolute atomic E-state index is 12.0. The van der Waals surface area contributed by atoms with E-state index in [4.69, 9.17) is 9.47 Å². The second-order valence-electron chi connectivity index (χ2n) is 3.39. The first-order chi connectivity index (χ1) is 7.63. The molecule has 88 valence electrons. The summed E-state index contributed by atoms with van der Waals surface area (Å²) in [4.78, 5) is 13.6. The van der Waals surface area contributed by atoms with Crippen LogP contribution in [0.5, 0.6) is 11.5 Å². The van der Waals surface area contributed by atoms with Crippen molar-refractivity contribution in [3.05, 3.63) is 23.8 Å². The molecule has 0 unspecified atom stereocenters. The average Bonchev–Trinajstić information content (AvgIpc) is 2.35. The van der Waals surface area contributed by atoms with Crippen molar-refractivity contribution in [3.8, 4) is 11.5 Å². The van der Waals surface area contributed by atoms with Crippen molar-refractivity contribution in [3.63, 3.8) is 0 Å². The van der Waals surface area contributed by atoms with E-state index in [0.717, 1.165) is 0 Å². The quantitative estimate of drug-likeness (QED) is 0.781. The molecule has 0 saturated carbocycles. The number of methoxy groups -OCH3 is 2. The van der Waals surface area contributed by atoms with Crippen LogP contribution in [0.3, 0.4) is 0 Å². The van der Waals surface area contributed by atoms with E-state index in [1.54, 1.807) is 44.4 Å². The van der Waals surface area contributed by atoms with E-state index >= 15 is 0 Å². The molecule has 1 rings (SSSR count). The number of carbonyl (C=O) groups is 1. The predicted molar refractivity (Wildman–Crippen MR) is 62.2 cm³/mol. The first kappa shape index (κ1) is 12.4. The van der Waals surface area contributed by atoms with Gasteiger partial charge < -0.3 is 14.4 Å². The summed E-state index contributed by atoms with van der Waals surface area (Å²) >= 11 is 0. The van der Waals surface area contributed by atoms with E-state index in [1.165, 1.54) is 0 Å². The Hall–Kier alpha value is -1.71. The number of amides is 1. The Labute approximate surface area is 95.8 Å². The zero-order valence-corrected chi connectivity index (χ0v) is 10.1. The monoisotopic (exact) mass is 223 g/mol. The van der Waals surface area contributed by atoms with Gasteiger partial charge in [-0.15, -0.1) is 0 Å². The Bertz CT molecular complexity index is 377. The van der Waals surface area contributed by atoms with Crippen LogP contribution in [0.2, 0.25) is 0 Å². The molecule has 0 heterocycles. The van der Waals surface area contributed by atoms with Gasteiger partial charge in [-0.25, -0.2) is 0 Å². The van der Waals surface area contributed by atoms with E-state index in [1.807, 2.05) is 6.92 Å². The van der Waals surface area contributed by atoms with Gasteiger partial charge in [0, 0.05) is 13.6 Å². The highest BCUT2D eigenvalue weighted by Gasteiger charge is 2.16. The van der Waals surface area contributed by atoms with Crippen LogP contribution in [0.1, 0.15) is 17.3 Å². The van der Waals surface area contributed by atoms with Crippen molar-refractivity contribution >= 4 is 5.91 Å². The summed E-state index contributed by atoms with van der Waals surface area (Å²) in [5, 5.41) is 0. The third-order valence-electron chi connectivity index (χ3n) is 2.46. The molecule has 0 bridgehead atoms. The molecule has 0 N–H and O–H groups in total. The number of carbonyl (C=O) groups excluding carboxylic acids is 1. The average molecular weight is 223 g/mol. The topological polar surface area (TPSA) is 38.8 Å². The molecule has 1 amide bonds. The molecule has 0 aliphatic heterocycles. The molecule has 0 radical (unpaired) electrons. The fraction of sp³-hybridized carbons (Fsp3) is 0.417. The number of ether oxygens (including phenoxy) is 2. The van der Waals surface area contributed by atoms with Crippen LogP contribution < -0.4 is 9.47 Å². The van der Waals surface area contributed by atoms with Crippen LogP contribution in [-0.2, 0) is 0 Å². The lowest BCUT2D eigenvalue weighted by atomic mass is 10.1. The number of hydrogen-bond donors (Lipinski definition) is 0. The van der Waals surface area contributed by atoms with Crippen molar-refractivity contribution in [2.24, 2.45) is 0 Å². The van der Waals surface area contributed by atoms with Crippen LogP contribution in [0.4, 0.5) is 0 Å². The van der Waals surface area contributed by atoms with E-state index < -0.39 is 0 Å². The standard InChI is InChI=1S/C12H17NO3/c1-5-13(2)12(14)10-8-9(15-3)6-7-11(10)16-4/h6-8H,5H2,1-4H3. The molecule has 1 aromatic carbocycles. The highest BCUT2D eigenvalue weighted by Crippen LogP contribution is 2.24. The predicted octanol–water partition coefficient (Wildman–Crippen LogP) is 1.80. The Morgan fingerprint density at radius 3 is 2.50 bits per heavy atom. The van der Waals surface area contributed by atoms with Crippen LogP contribution in [0.25, 0.3) is 0 Å². The first-order valence-electron chi connectivity index (χ1n) is 5.11. The van der Waals surface area contributed by atoms with Gasteiger partial charge >= 0.3 is 0 Å². The highest BCUT2D eigenvalue weighted by atomic mass is 16.5. The van der Waals surface area contributed by atoms with Gasteiger partial charge in [0.05, 0.1) is 19.8 Å². The Morgan fingerprint density at radius 1 is 1.31 bits per heavy atom. The third-order valence-corrected chi connectivity index (χ3v) is 2.46. The summed E-state index contributed by atoms with van der Waals surface area (Å²) in [6, 6.07) is 5.18. The number of benzene rings is 1. The molecule has 1 aromatic rings. The van der Waals surface area contributed by atoms with Gasteiger partial charge in [0.1, 0.15) is 11.5 Å². The lowest BCUT2D eigenvalue weighted by Gasteiger charge is -2.17. The van der Waals surface area contributed by atoms with Gasteiger partial charge in [0.2, 0.25) is 0 Å². The highest BCUT2D eigenvalue weighted by molar-refractivity contribution is 5.97. The molecule has 4 heteroatoms. The summed E-state index contributed by atoms with van der Waals surface area (Å²) in [5.41, 5.74) is 0.520. The molecular weight excluding hydrogens is 206 g/mol. The minimum atomic E-state index is -0.0711. The van der Waals surface area contributed by atoms with E-state index in [0.29, 0.717) is 23.6 Å². The molecule has 0 aliphatic carbocycles. The maximum Gasteiger partial charge on any atom is 0.257 e. The first-order valence-corrected chi connectivity index (χ1v) is 5.11. The second kappa shape index (κ2) is 5.39. The zero-order chi connectivity index (χ0) is 12.1. The Morgan fingerprint density at radius 2 is 2.00 bits per heavy atom. The normalized spacial score (nSPS) is 9.75. The van der Waals surface area contributed by atoms with E-state index in [2.05, 4.69) is 0 Å². The summed E-state index contributed by atoms with van der Waals surface area (Å²) in [7, 11) is 4.87. The molecular formula is C12H17NO3. The van der Waals surface area contributed by atoms with Crippen LogP contribution in [0.15, 0.2) is 18.2 Å². The van der Waals surface area contributed by atoms with Crippen molar-refractivity contribution < 1.29 is 14.3 Å². The van der Waals surface area contributed by atoms with E-state index in [-0.39, 0.29) is 5.91 Å². The largest absolute Gasteiger partial charge is 0.497 e. The number of nitrogens with zero attached hydrogens (tertiary/aromatic N) is 1. The summed E-state index contributed by atoms with van der Waals surface area (Å²) in [6.45, 7) is 2.57. The van der Waals surface area contributed by atoms with Crippen molar-refractivity contribution in [2.75, 3.05) is 27.8 Å². The Balaban J connectivity index is 3.13. The summed E-state index contributed by atoms with van der Waals surface area (Å²) in [5.74, 6) is 1.14. The fourth-order valence-electron chi connectivity index (χ4n) is 1.33. The fourth-order valence-corrected chi connectivity index (χ4v) is 1.33. The van der Waals surface area contributed by atoms with Gasteiger partial charge in [-0.1, -0.05) is 0 Å². The molecule has 0 atom stereocenters. The molecule has 0 aliphatic rings. The number of hydrogen-bond acceptors (Lipinski definition) is 3. The molecule has 0 fully saturated rings. The zero-order valence-electron chi connectivity index (χ0n) is 10.1. The molecule has 4 nitrogen and oxygen atoms in total. The van der Waals surface area contributed by atoms with Gasteiger partial charge in [-0.2, -0.15) is 0 Å². The van der Waals surface area contributed by atoms with Crippen LogP contribution >= 0.6 is 0 Å². The van der Waals surface area contributed by atoms with Gasteiger partial charge in [0.25, 0.3) is 5.91 Å². The summed E-state index contributed by atoms with van der Waals surface area (Å²) < 4.78 is 10.2.